The Hall–Kier alpha value is -2.33. The van der Waals surface area contributed by atoms with Gasteiger partial charge in [-0.3, -0.25) is 5.43 Å². The van der Waals surface area contributed by atoms with Crippen molar-refractivity contribution < 1.29 is 15.3 Å². The minimum atomic E-state index is -0.525. The zero-order chi connectivity index (χ0) is 25.6. The van der Waals surface area contributed by atoms with Crippen LogP contribution in [0.1, 0.15) is 65.4 Å². The average Bonchev–Trinajstić information content (AvgIpc) is 3.34. The Morgan fingerprint density at radius 2 is 1.83 bits per heavy atom. The highest BCUT2D eigenvalue weighted by Gasteiger charge is 2.21. The van der Waals surface area contributed by atoms with Crippen molar-refractivity contribution in [3.63, 3.8) is 0 Å². The fourth-order valence-electron chi connectivity index (χ4n) is 3.59. The van der Waals surface area contributed by atoms with Gasteiger partial charge < -0.3 is 20.7 Å². The number of aliphatic hydroxyl groups excluding tert-OH is 3. The van der Waals surface area contributed by atoms with Crippen LogP contribution in [0.15, 0.2) is 39.8 Å². The number of anilines is 1. The molecule has 0 amide bonds. The maximum atomic E-state index is 10.4. The molecule has 2 atom stereocenters. The van der Waals surface area contributed by atoms with Crippen molar-refractivity contribution in [1.82, 2.24) is 10.4 Å². The van der Waals surface area contributed by atoms with Crippen LogP contribution in [-0.4, -0.2) is 57.1 Å². The van der Waals surface area contributed by atoms with Crippen LogP contribution in [0.5, 0.6) is 0 Å². The first-order valence-electron chi connectivity index (χ1n) is 12.5. The summed E-state index contributed by atoms with van der Waals surface area (Å²) in [5.74, 6) is 0.107. The highest BCUT2D eigenvalue weighted by Crippen LogP contribution is 2.25. The summed E-state index contributed by atoms with van der Waals surface area (Å²) < 4.78 is 0. The molecule has 194 valence electrons. The van der Waals surface area contributed by atoms with Gasteiger partial charge in [0, 0.05) is 17.6 Å². The van der Waals surface area contributed by atoms with E-state index in [0.717, 1.165) is 49.8 Å². The number of rotatable bonds is 16. The molecule has 0 saturated carbocycles. The fraction of sp³-hybridized carbons (Fsp3) is 0.577. The number of hydrogen-bond acceptors (Lipinski definition) is 9. The summed E-state index contributed by atoms with van der Waals surface area (Å²) in [6.07, 6.45) is 5.16. The smallest absolute Gasteiger partial charge is 0.203 e. The van der Waals surface area contributed by atoms with Gasteiger partial charge in [0.15, 0.2) is 0 Å². The van der Waals surface area contributed by atoms with Gasteiger partial charge in [-0.15, -0.1) is 11.3 Å². The van der Waals surface area contributed by atoms with E-state index in [2.05, 4.69) is 57.2 Å². The molecule has 2 rings (SSSR count). The van der Waals surface area contributed by atoms with E-state index >= 15 is 0 Å². The van der Waals surface area contributed by atoms with Gasteiger partial charge >= 0.3 is 0 Å². The topological polar surface area (TPSA) is 122 Å². The molecule has 0 aliphatic carbocycles. The van der Waals surface area contributed by atoms with E-state index < -0.39 is 6.10 Å². The van der Waals surface area contributed by atoms with E-state index in [-0.39, 0.29) is 25.2 Å². The summed E-state index contributed by atoms with van der Waals surface area (Å²) >= 11 is 1.46. The van der Waals surface area contributed by atoms with E-state index in [4.69, 9.17) is 5.11 Å². The molecule has 5 N–H and O–H groups in total. The van der Waals surface area contributed by atoms with E-state index in [1.54, 1.807) is 6.92 Å². The number of unbranched alkanes of at least 4 members (excludes halogenated alkanes) is 2. The average molecular weight is 504 g/mol. The number of thiazole rings is 1. The van der Waals surface area contributed by atoms with Gasteiger partial charge in [0.2, 0.25) is 5.13 Å². The summed E-state index contributed by atoms with van der Waals surface area (Å²) in [7, 11) is 0. The van der Waals surface area contributed by atoms with Crippen LogP contribution < -0.4 is 10.9 Å². The first kappa shape index (κ1) is 28.9. The number of nitrogens with one attached hydrogen (secondary N) is 2. The van der Waals surface area contributed by atoms with Crippen molar-refractivity contribution in [3.8, 4) is 11.3 Å². The minimum Gasteiger partial charge on any atom is -0.396 e. The number of benzene rings is 1. The molecule has 8 nitrogen and oxygen atoms in total. The molecule has 35 heavy (non-hydrogen) atoms. The maximum Gasteiger partial charge on any atom is 0.203 e. The lowest BCUT2D eigenvalue weighted by molar-refractivity contribution is 0.0797. The Balaban J connectivity index is 1.98. The number of hydrogen-bond donors (Lipinski definition) is 5. The second-order valence-corrected chi connectivity index (χ2v) is 9.91. The van der Waals surface area contributed by atoms with Crippen LogP contribution in [0.3, 0.4) is 0 Å². The summed E-state index contributed by atoms with van der Waals surface area (Å²) in [6, 6.07) is 8.23. The van der Waals surface area contributed by atoms with Gasteiger partial charge in [-0.05, 0) is 44.1 Å². The second kappa shape index (κ2) is 15.6. The molecular formula is C26H41N5O3S. The van der Waals surface area contributed by atoms with Gasteiger partial charge in [0.25, 0.3) is 0 Å². The van der Waals surface area contributed by atoms with Crippen molar-refractivity contribution in [3.05, 3.63) is 35.2 Å². The first-order valence-corrected chi connectivity index (χ1v) is 13.3. The van der Waals surface area contributed by atoms with E-state index in [0.29, 0.717) is 16.6 Å². The van der Waals surface area contributed by atoms with Crippen molar-refractivity contribution in [2.45, 2.75) is 78.4 Å². The highest BCUT2D eigenvalue weighted by molar-refractivity contribution is 7.14. The molecule has 0 aliphatic rings. The van der Waals surface area contributed by atoms with Gasteiger partial charge in [0.1, 0.15) is 5.71 Å². The van der Waals surface area contributed by atoms with Crippen molar-refractivity contribution >= 4 is 27.9 Å². The minimum absolute atomic E-state index is 0.107. The van der Waals surface area contributed by atoms with Crippen molar-refractivity contribution in [2.24, 2.45) is 16.1 Å². The molecular weight excluding hydrogens is 462 g/mol. The number of aryl methyl sites for hydroxylation is 1. The quantitative estimate of drug-likeness (QED) is 0.131. The molecule has 0 bridgehead atoms. The molecule has 0 aliphatic heterocycles. The maximum absolute atomic E-state index is 10.4. The molecule has 2 aromatic rings. The third kappa shape index (κ3) is 9.68. The zero-order valence-electron chi connectivity index (χ0n) is 21.4. The molecule has 1 heterocycles. The standard InChI is InChI=1S/C26H41N5O3S/c1-5-9-22(25(34)18(2)3)29-30-23(16-33)19(4)28-31-26-27-24(17-35-26)21-13-11-20(12-14-21)10-7-6-8-15-32/h11-14,17-18,22,25,29,32-34H,5-10,15-16H2,1-4H3,(H,27,31)/b28-19-,30-23-. The van der Waals surface area contributed by atoms with E-state index in [1.165, 1.54) is 16.9 Å². The van der Waals surface area contributed by atoms with E-state index in [1.807, 2.05) is 19.2 Å². The van der Waals surface area contributed by atoms with Gasteiger partial charge in [-0.25, -0.2) is 4.98 Å². The zero-order valence-corrected chi connectivity index (χ0v) is 22.2. The molecule has 0 fully saturated rings. The Bertz CT molecular complexity index is 927. The lowest BCUT2D eigenvalue weighted by atomic mass is 9.97. The monoisotopic (exact) mass is 503 g/mol. The number of aliphatic hydroxyl groups is 3. The molecule has 0 radical (unpaired) electrons. The molecule has 1 aromatic carbocycles. The van der Waals surface area contributed by atoms with Gasteiger partial charge in [0.05, 0.1) is 30.2 Å². The van der Waals surface area contributed by atoms with Crippen molar-refractivity contribution in [2.75, 3.05) is 18.6 Å². The molecule has 0 spiro atoms. The second-order valence-electron chi connectivity index (χ2n) is 9.05. The lowest BCUT2D eigenvalue weighted by Crippen LogP contribution is -2.41. The Labute approximate surface area is 213 Å². The summed E-state index contributed by atoms with van der Waals surface area (Å²) in [5.41, 5.74) is 10.1. The Morgan fingerprint density at radius 1 is 1.09 bits per heavy atom. The number of nitrogens with zero attached hydrogens (tertiary/aromatic N) is 3. The van der Waals surface area contributed by atoms with Gasteiger partial charge in [-0.2, -0.15) is 10.2 Å². The Kier molecular flexibility index (Phi) is 12.9. The largest absolute Gasteiger partial charge is 0.396 e. The third-order valence-corrected chi connectivity index (χ3v) is 6.57. The number of aromatic nitrogens is 1. The van der Waals surface area contributed by atoms with Crippen LogP contribution in [-0.2, 0) is 6.42 Å². The van der Waals surface area contributed by atoms with E-state index in [9.17, 15) is 10.2 Å². The van der Waals surface area contributed by atoms with Gasteiger partial charge in [-0.1, -0.05) is 57.9 Å². The van der Waals surface area contributed by atoms with Crippen LogP contribution in [0, 0.1) is 5.92 Å². The summed E-state index contributed by atoms with van der Waals surface area (Å²) in [4.78, 5) is 4.62. The predicted octanol–water partition coefficient (Wildman–Crippen LogP) is 4.43. The van der Waals surface area contributed by atoms with Crippen molar-refractivity contribution in [1.29, 1.82) is 0 Å². The predicted molar refractivity (Wildman–Crippen MR) is 146 cm³/mol. The fourth-order valence-corrected chi connectivity index (χ4v) is 4.25. The molecule has 1 aromatic heterocycles. The van der Waals surface area contributed by atoms with Crippen LogP contribution in [0.25, 0.3) is 11.3 Å². The summed E-state index contributed by atoms with van der Waals surface area (Å²) in [6.45, 7) is 7.77. The highest BCUT2D eigenvalue weighted by atomic mass is 32.1. The molecule has 2 unspecified atom stereocenters. The SMILES string of the molecule is CCCC(N/N=C(CO)\C(C)=N/Nc1nc(-c2ccc(CCCCCO)cc2)cs1)C(O)C(C)C. The lowest BCUT2D eigenvalue weighted by Gasteiger charge is -2.25. The third-order valence-electron chi connectivity index (χ3n) is 5.82. The van der Waals surface area contributed by atoms with Crippen LogP contribution in [0.2, 0.25) is 0 Å². The molecule has 9 heteroatoms. The normalized spacial score (nSPS) is 14.3. The van der Waals surface area contributed by atoms with Crippen LogP contribution in [0.4, 0.5) is 5.13 Å². The summed E-state index contributed by atoms with van der Waals surface area (Å²) in [5, 5.41) is 40.4. The Morgan fingerprint density at radius 3 is 2.46 bits per heavy atom. The van der Waals surface area contributed by atoms with Crippen LogP contribution >= 0.6 is 11.3 Å². The molecule has 0 saturated heterocycles. The first-order chi connectivity index (χ1) is 16.9. The number of hydrazone groups is 2.